The Morgan fingerprint density at radius 2 is 2.11 bits per heavy atom. The Hall–Kier alpha value is 0.1000. The van der Waals surface area contributed by atoms with E-state index in [1.165, 1.54) is 0 Å². The highest BCUT2D eigenvalue weighted by Crippen LogP contribution is 2.86. The van der Waals surface area contributed by atoms with E-state index in [4.69, 9.17) is 0 Å². The van der Waals surface area contributed by atoms with Crippen molar-refractivity contribution in [2.75, 3.05) is 5.75 Å². The lowest BCUT2D eigenvalue weighted by atomic mass is 10.5. The summed E-state index contributed by atoms with van der Waals surface area (Å²) >= 11 is 0. The zero-order valence-electron chi connectivity index (χ0n) is 4.44. The SMILES string of the molecule is FC(F)(F)S12CC[C@H]1O2. The van der Waals surface area contributed by atoms with Crippen LogP contribution in [0.4, 0.5) is 13.2 Å². The van der Waals surface area contributed by atoms with Gasteiger partial charge in [-0.15, -0.1) is 0 Å². The van der Waals surface area contributed by atoms with Crippen LogP contribution in [0.2, 0.25) is 0 Å². The molecule has 1 nitrogen and oxygen atoms in total. The van der Waals surface area contributed by atoms with Gasteiger partial charge in [-0.1, -0.05) is 0 Å². The lowest BCUT2D eigenvalue weighted by Gasteiger charge is -2.26. The van der Waals surface area contributed by atoms with Gasteiger partial charge in [0.25, 0.3) is 0 Å². The zero-order chi connectivity index (χ0) is 6.70. The van der Waals surface area contributed by atoms with Gasteiger partial charge in [-0.25, -0.2) is 0 Å². The molecule has 0 bridgehead atoms. The summed E-state index contributed by atoms with van der Waals surface area (Å²) in [7, 11) is -2.49. The molecule has 2 aliphatic rings. The summed E-state index contributed by atoms with van der Waals surface area (Å²) in [6, 6.07) is 0. The van der Waals surface area contributed by atoms with Crippen LogP contribution in [0.5, 0.6) is 0 Å². The number of alkyl halides is 3. The van der Waals surface area contributed by atoms with Crippen LogP contribution in [0, 0.1) is 0 Å². The molecule has 2 fully saturated rings. The number of hydrogen-bond acceptors (Lipinski definition) is 1. The molecule has 0 radical (unpaired) electrons. The molecule has 2 rings (SSSR count). The van der Waals surface area contributed by atoms with E-state index in [2.05, 4.69) is 4.18 Å². The van der Waals surface area contributed by atoms with Crippen molar-refractivity contribution in [1.82, 2.24) is 0 Å². The fraction of sp³-hybridized carbons (Fsp3) is 1.00. The molecule has 9 heavy (non-hydrogen) atoms. The Bertz CT molecular complexity index is 152. The van der Waals surface area contributed by atoms with Gasteiger partial charge in [-0.05, 0) is 16.7 Å². The Morgan fingerprint density at radius 3 is 2.11 bits per heavy atom. The number of hydrogen-bond donors (Lipinski definition) is 0. The van der Waals surface area contributed by atoms with Gasteiger partial charge in [0.1, 0.15) is 5.44 Å². The molecule has 2 heterocycles. The molecule has 2 atom stereocenters. The third-order valence-electron chi connectivity index (χ3n) is 1.71. The van der Waals surface area contributed by atoms with Crippen LogP contribution in [0.3, 0.4) is 0 Å². The molecular formula is C4H5F3OS. The summed E-state index contributed by atoms with van der Waals surface area (Å²) in [6.07, 6.45) is 0.620. The second-order valence-electron chi connectivity index (χ2n) is 2.19. The molecule has 0 aliphatic carbocycles. The second-order valence-corrected chi connectivity index (χ2v) is 5.23. The summed E-state index contributed by atoms with van der Waals surface area (Å²) in [5.74, 6) is 0.251. The Morgan fingerprint density at radius 1 is 1.44 bits per heavy atom. The van der Waals surface area contributed by atoms with Gasteiger partial charge in [-0.3, -0.25) is 0 Å². The van der Waals surface area contributed by atoms with E-state index in [9.17, 15) is 13.2 Å². The first-order valence-corrected chi connectivity index (χ1v) is 4.40. The van der Waals surface area contributed by atoms with Crippen molar-refractivity contribution in [3.05, 3.63) is 0 Å². The molecule has 2 aliphatic heterocycles. The molecule has 0 spiro atoms. The molecule has 2 saturated heterocycles. The fourth-order valence-corrected chi connectivity index (χ4v) is 3.32. The highest BCUT2D eigenvalue weighted by atomic mass is 32.3. The molecule has 0 aromatic rings. The maximum atomic E-state index is 11.8. The summed E-state index contributed by atoms with van der Waals surface area (Å²) in [5, 5.41) is 0. The van der Waals surface area contributed by atoms with Crippen molar-refractivity contribution in [1.29, 1.82) is 0 Å². The lowest BCUT2D eigenvalue weighted by Crippen LogP contribution is -2.22. The monoisotopic (exact) mass is 158 g/mol. The smallest absolute Gasteiger partial charge is 0.311 e. The molecule has 5 heteroatoms. The maximum absolute atomic E-state index is 11.8. The minimum atomic E-state index is -4.03. The average molecular weight is 158 g/mol. The normalized spacial score (nSPS) is 54.8. The highest BCUT2D eigenvalue weighted by Gasteiger charge is 2.74. The molecular weight excluding hydrogens is 153 g/mol. The Balaban J connectivity index is 2.15. The first-order valence-electron chi connectivity index (χ1n) is 2.61. The maximum Gasteiger partial charge on any atom is 0.449 e. The Labute approximate surface area is 51.7 Å². The van der Waals surface area contributed by atoms with E-state index < -0.39 is 21.3 Å². The van der Waals surface area contributed by atoms with Gasteiger partial charge in [0.05, 0.1) is 0 Å². The first kappa shape index (κ1) is 5.85. The van der Waals surface area contributed by atoms with Crippen molar-refractivity contribution in [2.24, 2.45) is 0 Å². The van der Waals surface area contributed by atoms with Gasteiger partial charge in [-0.2, -0.15) is 13.2 Å². The minimum Gasteiger partial charge on any atom is -0.311 e. The summed E-state index contributed by atoms with van der Waals surface area (Å²) < 4.78 is 40.1. The zero-order valence-corrected chi connectivity index (χ0v) is 5.26. The van der Waals surface area contributed by atoms with Crippen LogP contribution in [-0.2, 0) is 4.18 Å². The van der Waals surface area contributed by atoms with Crippen molar-refractivity contribution >= 4 is 10.3 Å². The van der Waals surface area contributed by atoms with Crippen molar-refractivity contribution < 1.29 is 17.4 Å². The van der Waals surface area contributed by atoms with Gasteiger partial charge in [0, 0.05) is 5.75 Å². The summed E-state index contributed by atoms with van der Waals surface area (Å²) in [6.45, 7) is 0. The molecule has 0 N–H and O–H groups in total. The third-order valence-corrected chi connectivity index (χ3v) is 4.91. The van der Waals surface area contributed by atoms with Crippen LogP contribution < -0.4 is 0 Å². The minimum absolute atomic E-state index is 0.251. The fourth-order valence-electron chi connectivity index (χ4n) is 1.01. The molecule has 0 aromatic carbocycles. The lowest BCUT2D eigenvalue weighted by molar-refractivity contribution is -0.0390. The van der Waals surface area contributed by atoms with Gasteiger partial charge < -0.3 is 4.18 Å². The summed E-state index contributed by atoms with van der Waals surface area (Å²) in [5.41, 5.74) is -4.44. The average Bonchev–Trinajstić information content (AvgIpc) is 2.06. The van der Waals surface area contributed by atoms with Crippen LogP contribution >= 0.6 is 10.3 Å². The van der Waals surface area contributed by atoms with Gasteiger partial charge in [0.2, 0.25) is 0 Å². The Kier molecular flexibility index (Phi) is 0.811. The molecule has 1 unspecified atom stereocenters. The van der Waals surface area contributed by atoms with Crippen molar-refractivity contribution in [3.63, 3.8) is 0 Å². The largest absolute Gasteiger partial charge is 0.449 e. The quantitative estimate of drug-likeness (QED) is 0.491. The predicted octanol–water partition coefficient (Wildman–Crippen LogP) is 1.99. The summed E-state index contributed by atoms with van der Waals surface area (Å²) in [4.78, 5) is 0. The van der Waals surface area contributed by atoms with E-state index in [1.54, 1.807) is 0 Å². The predicted molar refractivity (Wildman–Crippen MR) is 28.0 cm³/mol. The highest BCUT2D eigenvalue weighted by molar-refractivity contribution is 8.36. The molecule has 0 aromatic heterocycles. The van der Waals surface area contributed by atoms with E-state index in [1.807, 2.05) is 0 Å². The van der Waals surface area contributed by atoms with Crippen LogP contribution in [0.15, 0.2) is 0 Å². The third kappa shape index (κ3) is 0.519. The first-order chi connectivity index (χ1) is 4.06. The number of halogens is 3. The second kappa shape index (κ2) is 1.25. The van der Waals surface area contributed by atoms with Crippen LogP contribution in [-0.4, -0.2) is 16.7 Å². The van der Waals surface area contributed by atoms with Gasteiger partial charge in [0.15, 0.2) is 0 Å². The molecule has 0 saturated carbocycles. The standard InChI is InChI=1S/C4H5F3OS/c5-4(6,7)9-2-1-3(9)8-9/h3H,1-2H2/t3-/m0/s1. The number of rotatable bonds is 0. The van der Waals surface area contributed by atoms with E-state index in [0.29, 0.717) is 6.42 Å². The van der Waals surface area contributed by atoms with E-state index in [-0.39, 0.29) is 5.75 Å². The van der Waals surface area contributed by atoms with Crippen molar-refractivity contribution in [3.8, 4) is 0 Å². The van der Waals surface area contributed by atoms with E-state index in [0.717, 1.165) is 0 Å². The molecule has 54 valence electrons. The topological polar surface area (TPSA) is 12.5 Å². The number of fused-ring (bicyclic) bond motifs is 1. The van der Waals surface area contributed by atoms with E-state index >= 15 is 0 Å². The van der Waals surface area contributed by atoms with Crippen LogP contribution in [0.1, 0.15) is 6.42 Å². The molecule has 0 amide bonds. The van der Waals surface area contributed by atoms with Crippen molar-refractivity contribution in [2.45, 2.75) is 17.4 Å². The van der Waals surface area contributed by atoms with Gasteiger partial charge >= 0.3 is 5.51 Å². The van der Waals surface area contributed by atoms with Crippen LogP contribution in [0.25, 0.3) is 0 Å².